The predicted molar refractivity (Wildman–Crippen MR) is 229 cm³/mol. The highest BCUT2D eigenvalue weighted by Crippen LogP contribution is 2.48. The van der Waals surface area contributed by atoms with Crippen LogP contribution in [0.15, 0.2) is 52.7 Å². The van der Waals surface area contributed by atoms with Crippen LogP contribution in [-0.4, -0.2) is 96.3 Å². The maximum absolute atomic E-state index is 13.2. The van der Waals surface area contributed by atoms with E-state index < -0.39 is 43.9 Å². The standard InChI is InChI=1S/C43H67N8O8P/c1-3-4-5-6-7-8-9-10-11-12-13-14-15-16-17-18-19-20-36(56-27-34-21-22-37(35(25-34)26-44)50-33-46-31-48-50)28-58-60(54,55)59-29-42(2)41(52)43(53,30-57-42)39-24-23-38-40(45)47-32-49-51(38)39/h21-23,25,31-33,36,39,41,52-53H,3-20,24,27-30H2,1-2H3,(H,54,55)(H2,45,47,49)/t36-,39?,41-,42-,43?/m1/s1. The Labute approximate surface area is 355 Å². The van der Waals surface area contributed by atoms with Crippen LogP contribution in [0.2, 0.25) is 0 Å². The van der Waals surface area contributed by atoms with E-state index in [9.17, 15) is 24.9 Å². The van der Waals surface area contributed by atoms with E-state index in [4.69, 9.17) is 24.3 Å². The number of nitrogens with two attached hydrogens (primary N) is 1. The Morgan fingerprint density at radius 3 is 2.28 bits per heavy atom. The van der Waals surface area contributed by atoms with Gasteiger partial charge in [0.05, 0.1) is 55.5 Å². The molecule has 17 heteroatoms. The van der Waals surface area contributed by atoms with Crippen molar-refractivity contribution in [3.63, 3.8) is 0 Å². The number of hydrogen-bond donors (Lipinski definition) is 4. The molecule has 0 amide bonds. The van der Waals surface area contributed by atoms with Crippen LogP contribution >= 0.6 is 7.82 Å². The van der Waals surface area contributed by atoms with Gasteiger partial charge in [-0.1, -0.05) is 128 Å². The first kappa shape index (κ1) is 47.5. The zero-order valence-electron chi connectivity index (χ0n) is 35.6. The van der Waals surface area contributed by atoms with E-state index in [1.54, 1.807) is 18.2 Å². The van der Waals surface area contributed by atoms with Gasteiger partial charge in [0.2, 0.25) is 0 Å². The summed E-state index contributed by atoms with van der Waals surface area (Å²) in [6.07, 6.45) is 26.3. The summed E-state index contributed by atoms with van der Waals surface area (Å²) >= 11 is 0. The van der Waals surface area contributed by atoms with Gasteiger partial charge in [-0.3, -0.25) is 14.1 Å². The number of phosphoric ester groups is 1. The molecule has 2 aromatic rings. The van der Waals surface area contributed by atoms with Gasteiger partial charge in [-0.25, -0.2) is 19.2 Å². The molecule has 0 bridgehead atoms. The number of phosphoric acid groups is 1. The third-order valence-electron chi connectivity index (χ3n) is 11.9. The average Bonchev–Trinajstić information content (AvgIpc) is 4.00. The van der Waals surface area contributed by atoms with Crippen LogP contribution in [0.3, 0.4) is 0 Å². The van der Waals surface area contributed by atoms with Crippen molar-refractivity contribution >= 4 is 20.0 Å². The Morgan fingerprint density at radius 2 is 1.67 bits per heavy atom. The smallest absolute Gasteiger partial charge is 0.387 e. The molecular weight excluding hydrogens is 787 g/mol. The van der Waals surface area contributed by atoms with Gasteiger partial charge < -0.3 is 30.3 Å². The highest BCUT2D eigenvalue weighted by molar-refractivity contribution is 7.47. The molecule has 0 spiro atoms. The summed E-state index contributed by atoms with van der Waals surface area (Å²) in [5.41, 5.74) is 4.91. The number of aliphatic imine (C=N–C) groups is 1. The van der Waals surface area contributed by atoms with Crippen LogP contribution in [0.4, 0.5) is 0 Å². The molecule has 1 aromatic heterocycles. The zero-order valence-corrected chi connectivity index (χ0v) is 36.5. The number of aromatic nitrogens is 3. The van der Waals surface area contributed by atoms with Gasteiger partial charge in [0.25, 0.3) is 0 Å². The Morgan fingerprint density at radius 1 is 1.02 bits per heavy atom. The molecule has 3 aliphatic heterocycles. The summed E-state index contributed by atoms with van der Waals surface area (Å²) in [5, 5.41) is 42.7. The van der Waals surface area contributed by atoms with Crippen molar-refractivity contribution in [1.82, 2.24) is 19.8 Å². The predicted octanol–water partition coefficient (Wildman–Crippen LogP) is 7.35. The first-order valence-electron chi connectivity index (χ1n) is 22.0. The third-order valence-corrected chi connectivity index (χ3v) is 12.8. The molecule has 6 atom stereocenters. The molecule has 1 aromatic carbocycles. The minimum absolute atomic E-state index is 0.142. The van der Waals surface area contributed by atoms with Crippen molar-refractivity contribution in [2.75, 3.05) is 19.8 Å². The topological polar surface area (TPSA) is 223 Å². The number of rotatable bonds is 29. The first-order chi connectivity index (χ1) is 29.0. The van der Waals surface area contributed by atoms with Crippen LogP contribution in [0.1, 0.15) is 147 Å². The van der Waals surface area contributed by atoms with Gasteiger partial charge in [-0.05, 0) is 37.5 Å². The van der Waals surface area contributed by atoms with Crippen molar-refractivity contribution in [3.05, 3.63) is 53.8 Å². The maximum atomic E-state index is 13.2. The molecule has 1 fully saturated rings. The van der Waals surface area contributed by atoms with Gasteiger partial charge in [0.15, 0.2) is 5.84 Å². The molecule has 0 radical (unpaired) electrons. The number of ether oxygens (including phenoxy) is 2. The van der Waals surface area contributed by atoms with Crippen LogP contribution in [0.25, 0.3) is 5.69 Å². The molecule has 60 heavy (non-hydrogen) atoms. The minimum Gasteiger partial charge on any atom is -0.387 e. The van der Waals surface area contributed by atoms with E-state index in [1.165, 1.54) is 125 Å². The molecule has 0 saturated carbocycles. The summed E-state index contributed by atoms with van der Waals surface area (Å²) in [6, 6.07) is 6.83. The second-order valence-corrected chi connectivity index (χ2v) is 18.1. The number of fused-ring (bicyclic) bond motifs is 1. The van der Waals surface area contributed by atoms with E-state index in [1.807, 2.05) is 6.07 Å². The molecular formula is C43H67N8O8P. The van der Waals surface area contributed by atoms with Crippen molar-refractivity contribution < 1.29 is 38.2 Å². The lowest BCUT2D eigenvalue weighted by Crippen LogP contribution is -2.60. The summed E-state index contributed by atoms with van der Waals surface area (Å²) < 4.78 is 37.7. The van der Waals surface area contributed by atoms with Crippen molar-refractivity contribution in [2.45, 2.75) is 172 Å². The molecule has 16 nitrogen and oxygen atoms in total. The molecule has 1 saturated heterocycles. The summed E-state index contributed by atoms with van der Waals surface area (Å²) in [7, 11) is -4.67. The Bertz CT molecular complexity index is 1800. The normalized spacial score (nSPS) is 23.9. The molecule has 5 rings (SSSR count). The van der Waals surface area contributed by atoms with E-state index in [0.29, 0.717) is 29.8 Å². The molecule has 3 aliphatic rings. The number of unbranched alkanes of at least 4 members (excludes halogenated alkanes) is 16. The molecule has 3 unspecified atom stereocenters. The summed E-state index contributed by atoms with van der Waals surface area (Å²) in [5.74, 6) is 0.245. The highest BCUT2D eigenvalue weighted by Gasteiger charge is 2.61. The highest BCUT2D eigenvalue weighted by atomic mass is 31.2. The third kappa shape index (κ3) is 13.5. The zero-order chi connectivity index (χ0) is 42.9. The average molecular weight is 855 g/mol. The van der Waals surface area contributed by atoms with Gasteiger partial charge >= 0.3 is 7.82 Å². The molecule has 0 aliphatic carbocycles. The number of benzene rings is 1. The van der Waals surface area contributed by atoms with Gasteiger partial charge in [0.1, 0.15) is 42.4 Å². The number of hydrogen-bond acceptors (Lipinski definition) is 14. The number of aliphatic hydroxyl groups is 2. The quantitative estimate of drug-likeness (QED) is 0.0465. The fourth-order valence-electron chi connectivity index (χ4n) is 8.19. The fraction of sp³-hybridized carbons (Fsp3) is 0.698. The van der Waals surface area contributed by atoms with Crippen molar-refractivity contribution in [1.29, 1.82) is 5.26 Å². The second-order valence-electron chi connectivity index (χ2n) is 16.6. The van der Waals surface area contributed by atoms with Crippen LogP contribution < -0.4 is 5.73 Å². The minimum atomic E-state index is -4.67. The van der Waals surface area contributed by atoms with Crippen LogP contribution in [0.5, 0.6) is 0 Å². The number of amidine groups is 1. The van der Waals surface area contributed by atoms with Gasteiger partial charge in [0, 0.05) is 0 Å². The lowest BCUT2D eigenvalue weighted by molar-refractivity contribution is -0.116. The molecule has 5 N–H and O–H groups in total. The molecule has 4 heterocycles. The van der Waals surface area contributed by atoms with Gasteiger partial charge in [-0.15, -0.1) is 0 Å². The SMILES string of the molecule is CCCCCCCCCCCCCCCCCCC[C@H](COP(=O)(O)OC[C@@]1(C)OCC(O)(C2CC=C3C(N)=NC=NN32)[C@@H]1O)OCc1ccc(-n2cncn2)c(C#N)c1. The fourth-order valence-corrected chi connectivity index (χ4v) is 9.03. The van der Waals surface area contributed by atoms with Gasteiger partial charge in [-0.2, -0.15) is 15.5 Å². The number of aliphatic hydroxyl groups excluding tert-OH is 1. The summed E-state index contributed by atoms with van der Waals surface area (Å²) in [6.45, 7) is 2.86. The molecule has 332 valence electrons. The van der Waals surface area contributed by atoms with E-state index in [-0.39, 0.29) is 25.7 Å². The van der Waals surface area contributed by atoms with E-state index >= 15 is 0 Å². The first-order valence-corrected chi connectivity index (χ1v) is 23.5. The lowest BCUT2D eigenvalue weighted by atomic mass is 9.82. The monoisotopic (exact) mass is 854 g/mol. The Hall–Kier alpha value is -3.52. The Kier molecular flexibility index (Phi) is 18.7. The van der Waals surface area contributed by atoms with Crippen LogP contribution in [0, 0.1) is 11.3 Å². The van der Waals surface area contributed by atoms with Crippen molar-refractivity contribution in [3.8, 4) is 11.8 Å². The summed E-state index contributed by atoms with van der Waals surface area (Å²) in [4.78, 5) is 18.7. The van der Waals surface area contributed by atoms with E-state index in [2.05, 4.69) is 33.2 Å². The lowest BCUT2D eigenvalue weighted by Gasteiger charge is -2.39. The number of nitrogens with zero attached hydrogens (tertiary/aromatic N) is 7. The number of hydrazone groups is 1. The second kappa shape index (κ2) is 23.6. The van der Waals surface area contributed by atoms with E-state index in [0.717, 1.165) is 24.8 Å². The Balaban J connectivity index is 1.06. The largest absolute Gasteiger partial charge is 0.472 e. The number of nitriles is 1. The van der Waals surface area contributed by atoms with Crippen LogP contribution in [-0.2, 0) is 29.7 Å². The maximum Gasteiger partial charge on any atom is 0.472 e. The van der Waals surface area contributed by atoms with Crippen molar-refractivity contribution in [2.24, 2.45) is 15.8 Å².